The van der Waals surface area contributed by atoms with E-state index >= 15 is 0 Å². The maximum absolute atomic E-state index is 12.6. The molecule has 0 amide bonds. The molecule has 7 heteroatoms. The van der Waals surface area contributed by atoms with Crippen molar-refractivity contribution in [1.82, 2.24) is 4.98 Å². The van der Waals surface area contributed by atoms with Crippen LogP contribution in [0.1, 0.15) is 61.7 Å². The number of halogens is 1. The average Bonchev–Trinajstić information content (AvgIpc) is 3.18. The predicted molar refractivity (Wildman–Crippen MR) is 117 cm³/mol. The lowest BCUT2D eigenvalue weighted by molar-refractivity contribution is 0.0475. The third-order valence-electron chi connectivity index (χ3n) is 4.64. The van der Waals surface area contributed by atoms with Crippen molar-refractivity contribution in [3.63, 3.8) is 0 Å². The van der Waals surface area contributed by atoms with Crippen LogP contribution in [-0.4, -0.2) is 35.9 Å². The van der Waals surface area contributed by atoms with Crippen molar-refractivity contribution in [1.29, 1.82) is 0 Å². The number of aromatic nitrogens is 1. The first-order valence-corrected chi connectivity index (χ1v) is 10.3. The van der Waals surface area contributed by atoms with Crippen molar-refractivity contribution in [2.24, 2.45) is 0 Å². The van der Waals surface area contributed by atoms with Crippen LogP contribution >= 0.6 is 11.6 Å². The Kier molecular flexibility index (Phi) is 7.26. The molecular formula is C24H22ClNO5. The number of hydrogen-bond donors (Lipinski definition) is 1. The van der Waals surface area contributed by atoms with E-state index in [2.05, 4.69) is 4.98 Å². The molecule has 0 bridgehead atoms. The van der Waals surface area contributed by atoms with Gasteiger partial charge in [0.15, 0.2) is 5.78 Å². The molecule has 0 spiro atoms. The van der Waals surface area contributed by atoms with Crippen LogP contribution in [0.2, 0.25) is 5.02 Å². The molecule has 2 aromatic carbocycles. The first-order valence-electron chi connectivity index (χ1n) is 9.88. The van der Waals surface area contributed by atoms with Gasteiger partial charge in [0.1, 0.15) is 5.69 Å². The molecule has 31 heavy (non-hydrogen) atoms. The maximum atomic E-state index is 12.6. The zero-order chi connectivity index (χ0) is 22.4. The van der Waals surface area contributed by atoms with Gasteiger partial charge in [-0.15, -0.1) is 0 Å². The number of nitrogens with one attached hydrogen (secondary N) is 1. The van der Waals surface area contributed by atoms with Crippen LogP contribution in [0.15, 0.2) is 54.7 Å². The Balaban J connectivity index is 1.83. The number of ketones is 1. The van der Waals surface area contributed by atoms with Gasteiger partial charge in [0, 0.05) is 22.3 Å². The number of esters is 2. The molecule has 3 aromatic rings. The standard InChI is InChI=1S/C24H22ClNO5/c1-3-30-23(28)20-18(14-26-21(20)24(29)31-4-2)13-15-5-7-16(8-6-15)22(27)17-9-11-19(25)12-10-17/h5-12,14,26H,3-4,13H2,1-2H3. The highest BCUT2D eigenvalue weighted by atomic mass is 35.5. The van der Waals surface area contributed by atoms with Gasteiger partial charge in [-0.25, -0.2) is 9.59 Å². The summed E-state index contributed by atoms with van der Waals surface area (Å²) in [5.74, 6) is -1.31. The van der Waals surface area contributed by atoms with Crippen molar-refractivity contribution < 1.29 is 23.9 Å². The second-order valence-corrected chi connectivity index (χ2v) is 7.15. The van der Waals surface area contributed by atoms with Gasteiger partial charge in [-0.2, -0.15) is 0 Å². The molecule has 3 rings (SSSR count). The maximum Gasteiger partial charge on any atom is 0.355 e. The fraction of sp³-hybridized carbons (Fsp3) is 0.208. The number of benzene rings is 2. The van der Waals surface area contributed by atoms with Gasteiger partial charge in [0.2, 0.25) is 0 Å². The van der Waals surface area contributed by atoms with Gasteiger partial charge in [-0.3, -0.25) is 4.79 Å². The lowest BCUT2D eigenvalue weighted by Gasteiger charge is -2.08. The van der Waals surface area contributed by atoms with Crippen molar-refractivity contribution in [3.8, 4) is 0 Å². The highest BCUT2D eigenvalue weighted by molar-refractivity contribution is 6.30. The first kappa shape index (κ1) is 22.3. The molecule has 0 aliphatic rings. The van der Waals surface area contributed by atoms with Crippen LogP contribution in [0.3, 0.4) is 0 Å². The molecule has 0 saturated heterocycles. The fourth-order valence-electron chi connectivity index (χ4n) is 3.17. The van der Waals surface area contributed by atoms with Crippen LogP contribution in [0.4, 0.5) is 0 Å². The van der Waals surface area contributed by atoms with E-state index in [1.807, 2.05) is 12.1 Å². The van der Waals surface area contributed by atoms with Gasteiger partial charge >= 0.3 is 11.9 Å². The summed E-state index contributed by atoms with van der Waals surface area (Å²) in [6, 6.07) is 13.8. The summed E-state index contributed by atoms with van der Waals surface area (Å²) < 4.78 is 10.1. The van der Waals surface area contributed by atoms with E-state index in [0.29, 0.717) is 28.1 Å². The van der Waals surface area contributed by atoms with Crippen molar-refractivity contribution in [3.05, 3.63) is 93.3 Å². The summed E-state index contributed by atoms with van der Waals surface area (Å²) in [5.41, 5.74) is 2.81. The van der Waals surface area contributed by atoms with Crippen LogP contribution in [0.5, 0.6) is 0 Å². The molecule has 160 valence electrons. The normalized spacial score (nSPS) is 10.5. The molecule has 0 unspecified atom stereocenters. The summed E-state index contributed by atoms with van der Waals surface area (Å²) in [6.07, 6.45) is 1.98. The topological polar surface area (TPSA) is 85.5 Å². The van der Waals surface area contributed by atoms with E-state index in [-0.39, 0.29) is 30.3 Å². The number of aromatic amines is 1. The van der Waals surface area contributed by atoms with Crippen molar-refractivity contribution >= 4 is 29.3 Å². The molecular weight excluding hydrogens is 418 g/mol. The number of carbonyl (C=O) groups is 3. The quantitative estimate of drug-likeness (QED) is 0.401. The van der Waals surface area contributed by atoms with E-state index in [1.165, 1.54) is 0 Å². The third kappa shape index (κ3) is 5.22. The van der Waals surface area contributed by atoms with E-state index in [9.17, 15) is 14.4 Å². The molecule has 0 atom stereocenters. The van der Waals surface area contributed by atoms with Gasteiger partial charge in [0.25, 0.3) is 0 Å². The SMILES string of the molecule is CCOC(=O)c1[nH]cc(Cc2ccc(C(=O)c3ccc(Cl)cc3)cc2)c1C(=O)OCC. The minimum Gasteiger partial charge on any atom is -0.462 e. The fourth-order valence-corrected chi connectivity index (χ4v) is 3.29. The second-order valence-electron chi connectivity index (χ2n) is 6.71. The minimum absolute atomic E-state index is 0.0739. The first-order chi connectivity index (χ1) is 14.9. The van der Waals surface area contributed by atoms with Gasteiger partial charge in [-0.05, 0) is 55.7 Å². The summed E-state index contributed by atoms with van der Waals surface area (Å²) in [4.78, 5) is 40.1. The van der Waals surface area contributed by atoms with E-state index in [1.54, 1.807) is 56.4 Å². The monoisotopic (exact) mass is 439 g/mol. The van der Waals surface area contributed by atoms with E-state index < -0.39 is 11.9 Å². The van der Waals surface area contributed by atoms with Crippen molar-refractivity contribution in [2.75, 3.05) is 13.2 Å². The van der Waals surface area contributed by atoms with E-state index in [4.69, 9.17) is 21.1 Å². The van der Waals surface area contributed by atoms with Crippen molar-refractivity contribution in [2.45, 2.75) is 20.3 Å². The third-order valence-corrected chi connectivity index (χ3v) is 4.89. The Morgan fingerprint density at radius 1 is 0.839 bits per heavy atom. The molecule has 0 saturated carbocycles. The summed E-state index contributed by atoms with van der Waals surface area (Å²) >= 11 is 5.88. The number of rotatable bonds is 8. The zero-order valence-electron chi connectivity index (χ0n) is 17.2. The number of hydrogen-bond acceptors (Lipinski definition) is 5. The Bertz CT molecular complexity index is 1080. The summed E-state index contributed by atoms with van der Waals surface area (Å²) in [6.45, 7) is 3.77. The molecule has 6 nitrogen and oxygen atoms in total. The predicted octanol–water partition coefficient (Wildman–Crippen LogP) is 4.84. The van der Waals surface area contributed by atoms with Gasteiger partial charge in [-0.1, -0.05) is 35.9 Å². The Morgan fingerprint density at radius 3 is 1.97 bits per heavy atom. The minimum atomic E-state index is -0.610. The number of H-pyrrole nitrogens is 1. The lowest BCUT2D eigenvalue weighted by Crippen LogP contribution is -2.14. The lowest BCUT2D eigenvalue weighted by atomic mass is 9.98. The molecule has 1 heterocycles. The summed E-state index contributed by atoms with van der Waals surface area (Å²) in [7, 11) is 0. The molecule has 1 N–H and O–H groups in total. The highest BCUT2D eigenvalue weighted by Gasteiger charge is 2.25. The van der Waals surface area contributed by atoms with Crippen LogP contribution < -0.4 is 0 Å². The van der Waals surface area contributed by atoms with Crippen LogP contribution in [0, 0.1) is 0 Å². The van der Waals surface area contributed by atoms with Crippen LogP contribution in [-0.2, 0) is 15.9 Å². The largest absolute Gasteiger partial charge is 0.462 e. The Morgan fingerprint density at radius 2 is 1.39 bits per heavy atom. The molecule has 0 aliphatic heterocycles. The highest BCUT2D eigenvalue weighted by Crippen LogP contribution is 2.22. The van der Waals surface area contributed by atoms with E-state index in [0.717, 1.165) is 5.56 Å². The number of carbonyl (C=O) groups excluding carboxylic acids is 3. The molecule has 1 aromatic heterocycles. The molecule has 0 aliphatic carbocycles. The Labute approximate surface area is 185 Å². The van der Waals surface area contributed by atoms with Gasteiger partial charge in [0.05, 0.1) is 18.8 Å². The molecule has 0 radical (unpaired) electrons. The molecule has 0 fully saturated rings. The summed E-state index contributed by atoms with van der Waals surface area (Å²) in [5, 5.41) is 0.568. The second kappa shape index (κ2) is 10.1. The number of ether oxygens (including phenoxy) is 2. The van der Waals surface area contributed by atoms with Crippen LogP contribution in [0.25, 0.3) is 0 Å². The zero-order valence-corrected chi connectivity index (χ0v) is 18.0. The Hall–Kier alpha value is -3.38. The smallest absolute Gasteiger partial charge is 0.355 e. The average molecular weight is 440 g/mol. The van der Waals surface area contributed by atoms with Gasteiger partial charge < -0.3 is 14.5 Å².